The van der Waals surface area contributed by atoms with Crippen LogP contribution in [0.3, 0.4) is 0 Å². The van der Waals surface area contributed by atoms with Gasteiger partial charge in [-0.2, -0.15) is 0 Å². The SMILES string of the molecule is CC1CNCC(c2ccc(F)cc2)N1C. The van der Waals surface area contributed by atoms with E-state index in [0.29, 0.717) is 12.1 Å². The molecule has 1 aliphatic rings. The fraction of sp³-hybridized carbons (Fsp3) is 0.500. The smallest absolute Gasteiger partial charge is 0.123 e. The third-order valence-corrected chi connectivity index (χ3v) is 3.22. The van der Waals surface area contributed by atoms with Crippen molar-refractivity contribution in [3.8, 4) is 0 Å². The summed E-state index contributed by atoms with van der Waals surface area (Å²) in [5.41, 5.74) is 1.18. The van der Waals surface area contributed by atoms with Gasteiger partial charge in [-0.05, 0) is 31.7 Å². The van der Waals surface area contributed by atoms with Crippen LogP contribution in [0.2, 0.25) is 0 Å². The highest BCUT2D eigenvalue weighted by Gasteiger charge is 2.25. The zero-order valence-corrected chi connectivity index (χ0v) is 9.20. The Kier molecular flexibility index (Phi) is 3.03. The third kappa shape index (κ3) is 2.19. The molecule has 0 aromatic heterocycles. The summed E-state index contributed by atoms with van der Waals surface area (Å²) in [7, 11) is 2.12. The van der Waals surface area contributed by atoms with Crippen LogP contribution in [0, 0.1) is 5.82 Å². The summed E-state index contributed by atoms with van der Waals surface area (Å²) in [6.07, 6.45) is 0. The quantitative estimate of drug-likeness (QED) is 0.757. The molecule has 3 heteroatoms. The molecule has 82 valence electrons. The Morgan fingerprint density at radius 3 is 2.60 bits per heavy atom. The lowest BCUT2D eigenvalue weighted by molar-refractivity contribution is 0.141. The minimum atomic E-state index is -0.168. The summed E-state index contributed by atoms with van der Waals surface area (Å²) in [4.78, 5) is 2.34. The highest BCUT2D eigenvalue weighted by Crippen LogP contribution is 2.23. The maximum Gasteiger partial charge on any atom is 0.123 e. The maximum atomic E-state index is 12.8. The van der Waals surface area contributed by atoms with E-state index < -0.39 is 0 Å². The van der Waals surface area contributed by atoms with E-state index in [4.69, 9.17) is 0 Å². The van der Waals surface area contributed by atoms with Gasteiger partial charge in [0.05, 0.1) is 0 Å². The van der Waals surface area contributed by atoms with Gasteiger partial charge in [-0.3, -0.25) is 4.90 Å². The number of hydrogen-bond acceptors (Lipinski definition) is 2. The van der Waals surface area contributed by atoms with Gasteiger partial charge in [-0.15, -0.1) is 0 Å². The molecule has 1 heterocycles. The second-order valence-electron chi connectivity index (χ2n) is 4.24. The molecule has 2 nitrogen and oxygen atoms in total. The van der Waals surface area contributed by atoms with Gasteiger partial charge in [0, 0.05) is 25.2 Å². The van der Waals surface area contributed by atoms with Crippen molar-refractivity contribution in [2.24, 2.45) is 0 Å². The van der Waals surface area contributed by atoms with Crippen LogP contribution in [0.25, 0.3) is 0 Å². The highest BCUT2D eigenvalue weighted by molar-refractivity contribution is 5.21. The van der Waals surface area contributed by atoms with E-state index in [1.54, 1.807) is 0 Å². The molecule has 1 fully saturated rings. The molecule has 0 aliphatic carbocycles. The van der Waals surface area contributed by atoms with Crippen molar-refractivity contribution in [1.82, 2.24) is 10.2 Å². The topological polar surface area (TPSA) is 15.3 Å². The molecule has 2 unspecified atom stereocenters. The molecule has 2 atom stereocenters. The molecular weight excluding hydrogens is 191 g/mol. The normalized spacial score (nSPS) is 27.9. The second-order valence-corrected chi connectivity index (χ2v) is 4.24. The predicted molar refractivity (Wildman–Crippen MR) is 59.2 cm³/mol. The van der Waals surface area contributed by atoms with Crippen molar-refractivity contribution in [3.05, 3.63) is 35.6 Å². The standard InChI is InChI=1S/C12H17FN2/c1-9-7-14-8-12(15(9)2)10-3-5-11(13)6-4-10/h3-6,9,12,14H,7-8H2,1-2H3. The van der Waals surface area contributed by atoms with Gasteiger partial charge in [0.25, 0.3) is 0 Å². The first kappa shape index (κ1) is 10.6. The largest absolute Gasteiger partial charge is 0.313 e. The molecule has 0 radical (unpaired) electrons. The summed E-state index contributed by atoms with van der Waals surface area (Å²) in [5, 5.41) is 3.39. The average Bonchev–Trinajstić information content (AvgIpc) is 2.24. The van der Waals surface area contributed by atoms with Crippen LogP contribution in [0.1, 0.15) is 18.5 Å². The minimum Gasteiger partial charge on any atom is -0.313 e. The molecular formula is C12H17FN2. The summed E-state index contributed by atoms with van der Waals surface area (Å²) < 4.78 is 12.8. The number of benzene rings is 1. The van der Waals surface area contributed by atoms with E-state index in [2.05, 4.69) is 24.2 Å². The monoisotopic (exact) mass is 208 g/mol. The number of nitrogens with zero attached hydrogens (tertiary/aromatic N) is 1. The van der Waals surface area contributed by atoms with Crippen molar-refractivity contribution in [1.29, 1.82) is 0 Å². The Bertz CT molecular complexity index is 323. The van der Waals surface area contributed by atoms with Gasteiger partial charge < -0.3 is 5.32 Å². The van der Waals surface area contributed by atoms with Crippen LogP contribution in [-0.4, -0.2) is 31.1 Å². The zero-order valence-electron chi connectivity index (χ0n) is 9.20. The van der Waals surface area contributed by atoms with Gasteiger partial charge in [0.1, 0.15) is 5.82 Å². The van der Waals surface area contributed by atoms with Crippen molar-refractivity contribution in [2.75, 3.05) is 20.1 Å². The maximum absolute atomic E-state index is 12.8. The van der Waals surface area contributed by atoms with E-state index in [0.717, 1.165) is 13.1 Å². The molecule has 0 amide bonds. The van der Waals surface area contributed by atoms with Crippen LogP contribution in [0.4, 0.5) is 4.39 Å². The lowest BCUT2D eigenvalue weighted by atomic mass is 10.0. The Morgan fingerprint density at radius 1 is 1.27 bits per heavy atom. The van der Waals surface area contributed by atoms with Crippen molar-refractivity contribution >= 4 is 0 Å². The summed E-state index contributed by atoms with van der Waals surface area (Å²) in [6.45, 7) is 4.16. The van der Waals surface area contributed by atoms with Gasteiger partial charge >= 0.3 is 0 Å². The lowest BCUT2D eigenvalue weighted by Gasteiger charge is -2.38. The fourth-order valence-corrected chi connectivity index (χ4v) is 2.06. The molecule has 2 rings (SSSR count). The Labute approximate surface area is 90.1 Å². The van der Waals surface area contributed by atoms with Crippen molar-refractivity contribution in [3.63, 3.8) is 0 Å². The van der Waals surface area contributed by atoms with E-state index >= 15 is 0 Å². The van der Waals surface area contributed by atoms with Gasteiger partial charge in [-0.1, -0.05) is 12.1 Å². The summed E-state index contributed by atoms with van der Waals surface area (Å²) >= 11 is 0. The fourth-order valence-electron chi connectivity index (χ4n) is 2.06. The molecule has 0 bridgehead atoms. The van der Waals surface area contributed by atoms with Gasteiger partial charge in [-0.25, -0.2) is 4.39 Å². The number of piperazine rings is 1. The lowest BCUT2D eigenvalue weighted by Crippen LogP contribution is -2.49. The van der Waals surface area contributed by atoms with E-state index in [1.807, 2.05) is 12.1 Å². The predicted octanol–water partition coefficient (Wildman–Crippen LogP) is 1.79. The van der Waals surface area contributed by atoms with E-state index in [9.17, 15) is 4.39 Å². The Balaban J connectivity index is 2.18. The van der Waals surface area contributed by atoms with E-state index in [-0.39, 0.29) is 5.82 Å². The third-order valence-electron chi connectivity index (χ3n) is 3.22. The Morgan fingerprint density at radius 2 is 1.93 bits per heavy atom. The molecule has 0 saturated carbocycles. The first-order valence-electron chi connectivity index (χ1n) is 5.36. The first-order chi connectivity index (χ1) is 7.18. The number of likely N-dealkylation sites (N-methyl/N-ethyl adjacent to an activating group) is 1. The average molecular weight is 208 g/mol. The van der Waals surface area contributed by atoms with Crippen LogP contribution in [-0.2, 0) is 0 Å². The highest BCUT2D eigenvalue weighted by atomic mass is 19.1. The Hall–Kier alpha value is -0.930. The van der Waals surface area contributed by atoms with Gasteiger partial charge in [0.15, 0.2) is 0 Å². The van der Waals surface area contributed by atoms with Crippen LogP contribution in [0.15, 0.2) is 24.3 Å². The summed E-state index contributed by atoms with van der Waals surface area (Å²) in [5.74, 6) is -0.168. The number of nitrogens with one attached hydrogen (secondary N) is 1. The number of hydrogen-bond donors (Lipinski definition) is 1. The molecule has 1 saturated heterocycles. The minimum absolute atomic E-state index is 0.168. The number of rotatable bonds is 1. The molecule has 1 aromatic carbocycles. The van der Waals surface area contributed by atoms with E-state index in [1.165, 1.54) is 17.7 Å². The second kappa shape index (κ2) is 4.29. The van der Waals surface area contributed by atoms with Crippen LogP contribution < -0.4 is 5.32 Å². The molecule has 1 N–H and O–H groups in total. The zero-order chi connectivity index (χ0) is 10.8. The first-order valence-corrected chi connectivity index (χ1v) is 5.36. The van der Waals surface area contributed by atoms with Crippen LogP contribution in [0.5, 0.6) is 0 Å². The van der Waals surface area contributed by atoms with Crippen molar-refractivity contribution < 1.29 is 4.39 Å². The molecule has 1 aromatic rings. The molecule has 15 heavy (non-hydrogen) atoms. The summed E-state index contributed by atoms with van der Waals surface area (Å²) in [6, 6.07) is 7.68. The van der Waals surface area contributed by atoms with Gasteiger partial charge in [0.2, 0.25) is 0 Å². The number of halogens is 1. The van der Waals surface area contributed by atoms with Crippen molar-refractivity contribution in [2.45, 2.75) is 19.0 Å². The van der Waals surface area contributed by atoms with Crippen LogP contribution >= 0.6 is 0 Å². The molecule has 0 spiro atoms. The molecule has 1 aliphatic heterocycles.